The second kappa shape index (κ2) is 5.19. The van der Waals surface area contributed by atoms with Gasteiger partial charge in [-0.1, -0.05) is 31.9 Å². The number of benzene rings is 1. The van der Waals surface area contributed by atoms with Crippen molar-refractivity contribution in [3.05, 3.63) is 29.8 Å². The second-order valence-corrected chi connectivity index (χ2v) is 6.69. The minimum atomic E-state index is -3.16. The Morgan fingerprint density at radius 3 is 2.18 bits per heavy atom. The van der Waals surface area contributed by atoms with E-state index in [9.17, 15) is 13.5 Å². The molecule has 0 fully saturated rings. The monoisotopic (exact) mass is 256 g/mol. The van der Waals surface area contributed by atoms with Crippen molar-refractivity contribution in [1.29, 1.82) is 0 Å². The molecule has 0 radical (unpaired) electrons. The molecule has 4 heteroatoms. The van der Waals surface area contributed by atoms with Crippen molar-refractivity contribution in [2.24, 2.45) is 0 Å². The van der Waals surface area contributed by atoms with Gasteiger partial charge >= 0.3 is 0 Å². The minimum Gasteiger partial charge on any atom is -0.385 e. The Morgan fingerprint density at radius 2 is 1.76 bits per heavy atom. The van der Waals surface area contributed by atoms with Crippen molar-refractivity contribution in [1.82, 2.24) is 0 Å². The topological polar surface area (TPSA) is 54.4 Å². The SMILES string of the molecule is CCCCC(C)(O)c1ccc(S(C)(=O)=O)cc1. The second-order valence-electron chi connectivity index (χ2n) is 4.67. The summed E-state index contributed by atoms with van der Waals surface area (Å²) in [5.41, 5.74) is -0.121. The van der Waals surface area contributed by atoms with Gasteiger partial charge in [0, 0.05) is 6.26 Å². The summed E-state index contributed by atoms with van der Waals surface area (Å²) < 4.78 is 22.6. The average molecular weight is 256 g/mol. The lowest BCUT2D eigenvalue weighted by atomic mass is 9.91. The molecule has 0 aliphatic rings. The zero-order chi connectivity index (χ0) is 13.1. The Morgan fingerprint density at radius 1 is 1.24 bits per heavy atom. The Balaban J connectivity index is 2.94. The van der Waals surface area contributed by atoms with E-state index in [2.05, 4.69) is 6.92 Å². The van der Waals surface area contributed by atoms with E-state index in [1.807, 2.05) is 0 Å². The van der Waals surface area contributed by atoms with Crippen LogP contribution in [0.2, 0.25) is 0 Å². The van der Waals surface area contributed by atoms with Crippen molar-refractivity contribution >= 4 is 9.84 Å². The van der Waals surface area contributed by atoms with Crippen LogP contribution in [0.1, 0.15) is 38.7 Å². The summed E-state index contributed by atoms with van der Waals surface area (Å²) in [7, 11) is -3.16. The van der Waals surface area contributed by atoms with Gasteiger partial charge in [-0.2, -0.15) is 0 Å². The van der Waals surface area contributed by atoms with Crippen LogP contribution >= 0.6 is 0 Å². The minimum absolute atomic E-state index is 0.285. The van der Waals surface area contributed by atoms with Crippen LogP contribution in [0.25, 0.3) is 0 Å². The normalized spacial score (nSPS) is 15.5. The third-order valence-corrected chi connectivity index (χ3v) is 4.05. The highest BCUT2D eigenvalue weighted by Gasteiger charge is 2.22. The molecule has 0 spiro atoms. The summed E-state index contributed by atoms with van der Waals surface area (Å²) in [4.78, 5) is 0.285. The zero-order valence-corrected chi connectivity index (χ0v) is 11.4. The van der Waals surface area contributed by atoms with E-state index < -0.39 is 15.4 Å². The number of rotatable bonds is 5. The maximum atomic E-state index is 11.3. The predicted octanol–water partition coefficient (Wildman–Crippen LogP) is 2.49. The molecule has 17 heavy (non-hydrogen) atoms. The van der Waals surface area contributed by atoms with Crippen LogP contribution in [0.5, 0.6) is 0 Å². The van der Waals surface area contributed by atoms with Crippen molar-refractivity contribution in [3.63, 3.8) is 0 Å². The molecule has 0 aromatic heterocycles. The summed E-state index contributed by atoms with van der Waals surface area (Å²) in [5, 5.41) is 10.3. The first kappa shape index (κ1) is 14.2. The smallest absolute Gasteiger partial charge is 0.175 e. The zero-order valence-electron chi connectivity index (χ0n) is 10.6. The summed E-state index contributed by atoms with van der Waals surface area (Å²) in [6, 6.07) is 6.47. The summed E-state index contributed by atoms with van der Waals surface area (Å²) >= 11 is 0. The predicted molar refractivity (Wildman–Crippen MR) is 68.6 cm³/mol. The Hall–Kier alpha value is -0.870. The van der Waals surface area contributed by atoms with Gasteiger partial charge in [-0.15, -0.1) is 0 Å². The fraction of sp³-hybridized carbons (Fsp3) is 0.538. The Bertz CT molecular complexity index is 458. The number of hydrogen-bond acceptors (Lipinski definition) is 3. The van der Waals surface area contributed by atoms with Crippen molar-refractivity contribution in [2.75, 3.05) is 6.26 Å². The van der Waals surface area contributed by atoms with Gasteiger partial charge in [0.05, 0.1) is 10.5 Å². The standard InChI is InChI=1S/C13H20O3S/c1-4-5-10-13(2,14)11-6-8-12(9-7-11)17(3,15)16/h6-9,14H,4-5,10H2,1-3H3. The first-order valence-corrected chi connectivity index (χ1v) is 7.69. The fourth-order valence-corrected chi connectivity index (χ4v) is 2.36. The third kappa shape index (κ3) is 3.82. The lowest BCUT2D eigenvalue weighted by Crippen LogP contribution is -2.20. The fourth-order valence-electron chi connectivity index (χ4n) is 1.73. The number of hydrogen-bond donors (Lipinski definition) is 1. The third-order valence-electron chi connectivity index (χ3n) is 2.92. The number of aliphatic hydroxyl groups is 1. The van der Waals surface area contributed by atoms with E-state index in [1.165, 1.54) is 6.26 Å². The molecule has 1 N–H and O–H groups in total. The van der Waals surface area contributed by atoms with Gasteiger partial charge in [-0.3, -0.25) is 0 Å². The molecule has 1 aromatic rings. The summed E-state index contributed by atoms with van der Waals surface area (Å²) in [5.74, 6) is 0. The molecule has 1 rings (SSSR count). The highest BCUT2D eigenvalue weighted by Crippen LogP contribution is 2.27. The van der Waals surface area contributed by atoms with Crippen molar-refractivity contribution in [2.45, 2.75) is 43.6 Å². The van der Waals surface area contributed by atoms with E-state index in [4.69, 9.17) is 0 Å². The Labute approximate surface area is 103 Å². The summed E-state index contributed by atoms with van der Waals surface area (Å²) in [6.45, 7) is 3.83. The molecule has 0 bridgehead atoms. The highest BCUT2D eigenvalue weighted by molar-refractivity contribution is 7.90. The maximum absolute atomic E-state index is 11.3. The molecular formula is C13H20O3S. The number of unbranched alkanes of at least 4 members (excludes halogenated alkanes) is 1. The molecular weight excluding hydrogens is 236 g/mol. The van der Waals surface area contributed by atoms with Gasteiger partial charge in [0.1, 0.15) is 0 Å². The summed E-state index contributed by atoms with van der Waals surface area (Å²) in [6.07, 6.45) is 3.83. The van der Waals surface area contributed by atoms with Gasteiger partial charge in [0.15, 0.2) is 9.84 Å². The van der Waals surface area contributed by atoms with Crippen LogP contribution < -0.4 is 0 Å². The molecule has 96 valence electrons. The van der Waals surface area contributed by atoms with Crippen LogP contribution in [0.15, 0.2) is 29.2 Å². The molecule has 0 heterocycles. The molecule has 0 aliphatic carbocycles. The van der Waals surface area contributed by atoms with Crippen LogP contribution in [0, 0.1) is 0 Å². The van der Waals surface area contributed by atoms with Crippen LogP contribution in [0.3, 0.4) is 0 Å². The maximum Gasteiger partial charge on any atom is 0.175 e. The van der Waals surface area contributed by atoms with E-state index in [1.54, 1.807) is 31.2 Å². The van der Waals surface area contributed by atoms with Gasteiger partial charge in [-0.05, 0) is 31.0 Å². The Kier molecular flexibility index (Phi) is 4.33. The lowest BCUT2D eigenvalue weighted by Gasteiger charge is -2.23. The molecule has 0 saturated heterocycles. The molecule has 1 aromatic carbocycles. The quantitative estimate of drug-likeness (QED) is 0.880. The van der Waals surface area contributed by atoms with Gasteiger partial charge in [0.25, 0.3) is 0 Å². The van der Waals surface area contributed by atoms with Gasteiger partial charge in [0.2, 0.25) is 0 Å². The van der Waals surface area contributed by atoms with Gasteiger partial charge < -0.3 is 5.11 Å². The lowest BCUT2D eigenvalue weighted by molar-refractivity contribution is 0.0453. The first-order valence-electron chi connectivity index (χ1n) is 5.80. The molecule has 3 nitrogen and oxygen atoms in total. The molecule has 1 unspecified atom stereocenters. The largest absolute Gasteiger partial charge is 0.385 e. The van der Waals surface area contributed by atoms with Crippen molar-refractivity contribution < 1.29 is 13.5 Å². The molecule has 0 aliphatic heterocycles. The van der Waals surface area contributed by atoms with Crippen LogP contribution in [-0.4, -0.2) is 19.8 Å². The molecule has 0 amide bonds. The van der Waals surface area contributed by atoms with E-state index in [-0.39, 0.29) is 4.90 Å². The van der Waals surface area contributed by atoms with E-state index in [0.29, 0.717) is 6.42 Å². The van der Waals surface area contributed by atoms with E-state index >= 15 is 0 Å². The first-order chi connectivity index (χ1) is 7.77. The average Bonchev–Trinajstić information content (AvgIpc) is 2.25. The van der Waals surface area contributed by atoms with Crippen molar-refractivity contribution in [3.8, 4) is 0 Å². The van der Waals surface area contributed by atoms with Crippen LogP contribution in [-0.2, 0) is 15.4 Å². The molecule has 1 atom stereocenters. The highest BCUT2D eigenvalue weighted by atomic mass is 32.2. The van der Waals surface area contributed by atoms with Crippen LogP contribution in [0.4, 0.5) is 0 Å². The van der Waals surface area contributed by atoms with Gasteiger partial charge in [-0.25, -0.2) is 8.42 Å². The molecule has 0 saturated carbocycles. The number of sulfone groups is 1. The van der Waals surface area contributed by atoms with E-state index in [0.717, 1.165) is 18.4 Å².